The van der Waals surface area contributed by atoms with Crippen LogP contribution in [0.25, 0.3) is 0 Å². The van der Waals surface area contributed by atoms with Crippen molar-refractivity contribution in [3.8, 4) is 5.75 Å². The molecule has 0 aliphatic heterocycles. The molecule has 1 aromatic rings. The lowest BCUT2D eigenvalue weighted by molar-refractivity contribution is -0.384. The largest absolute Gasteiger partial charge is 0.663 e. The molecule has 0 radical (unpaired) electrons. The van der Waals surface area contributed by atoms with E-state index in [1.807, 2.05) is 12.2 Å². The Bertz CT molecular complexity index is 1030. The molecule has 9 heteroatoms. The first kappa shape index (κ1) is 33.4. The summed E-state index contributed by atoms with van der Waals surface area (Å²) in [5.74, 6) is 0.178. The van der Waals surface area contributed by atoms with E-state index >= 15 is 0 Å². The molecule has 0 bridgehead atoms. The van der Waals surface area contributed by atoms with Gasteiger partial charge in [-0.2, -0.15) is 0 Å². The van der Waals surface area contributed by atoms with E-state index in [1.54, 1.807) is 0 Å². The van der Waals surface area contributed by atoms with Crippen molar-refractivity contribution in [2.24, 2.45) is 0 Å². The molecule has 1 atom stereocenters. The number of allylic oxidation sites excluding steroid dienone is 12. The molecule has 0 aromatic heterocycles. The van der Waals surface area contributed by atoms with Crippen molar-refractivity contribution in [1.29, 1.82) is 0 Å². The highest BCUT2D eigenvalue weighted by atomic mass is 31.1. The van der Waals surface area contributed by atoms with E-state index in [1.165, 1.54) is 24.3 Å². The summed E-state index contributed by atoms with van der Waals surface area (Å²) in [6.45, 7) is 2.72. The van der Waals surface area contributed by atoms with Crippen LogP contribution in [0, 0.1) is 10.1 Å². The summed E-state index contributed by atoms with van der Waals surface area (Å²) >= 11 is 0. The zero-order valence-electron chi connectivity index (χ0n) is 22.7. The number of carbonyl (C=O) groups excluding carboxylic acids is 1. The molecule has 0 saturated heterocycles. The van der Waals surface area contributed by atoms with Crippen LogP contribution in [0.2, 0.25) is 0 Å². The third-order valence-corrected chi connectivity index (χ3v) is 5.92. The molecule has 2 N–H and O–H groups in total. The molecule has 1 rings (SSSR count). The van der Waals surface area contributed by atoms with Gasteiger partial charge in [-0.1, -0.05) is 84.9 Å². The SMILES string of the molecule is CC/C=C\C/C=C\C/C=C\C/C=C\C/C=C\C/C=C\CCC(=O)NCCN[P+](=O)Oc1ccc([N+](=O)[O-])cc1. The van der Waals surface area contributed by atoms with Crippen LogP contribution in [0.15, 0.2) is 97.2 Å². The molecule has 0 heterocycles. The lowest BCUT2D eigenvalue weighted by Gasteiger charge is -2.01. The minimum absolute atomic E-state index is 0.0720. The molecule has 0 aliphatic rings. The summed E-state index contributed by atoms with van der Waals surface area (Å²) in [6.07, 6.45) is 32.5. The molecular formula is C30H41N3O5P+. The number of benzene rings is 1. The second kappa shape index (κ2) is 23.5. The van der Waals surface area contributed by atoms with Crippen molar-refractivity contribution in [2.45, 2.75) is 58.3 Å². The van der Waals surface area contributed by atoms with Gasteiger partial charge in [0.25, 0.3) is 5.69 Å². The van der Waals surface area contributed by atoms with Gasteiger partial charge in [0.05, 0.1) is 11.5 Å². The van der Waals surface area contributed by atoms with E-state index < -0.39 is 13.1 Å². The Balaban J connectivity index is 2.00. The Kier molecular flexibility index (Phi) is 20.1. The minimum Gasteiger partial charge on any atom is -0.355 e. The molecule has 39 heavy (non-hydrogen) atoms. The van der Waals surface area contributed by atoms with Gasteiger partial charge in [-0.3, -0.25) is 14.9 Å². The van der Waals surface area contributed by atoms with E-state index in [9.17, 15) is 19.5 Å². The number of nitrogens with zero attached hydrogens (tertiary/aromatic N) is 1. The van der Waals surface area contributed by atoms with Crippen molar-refractivity contribution in [3.63, 3.8) is 0 Å². The van der Waals surface area contributed by atoms with Crippen LogP contribution in [0.1, 0.15) is 58.3 Å². The highest BCUT2D eigenvalue weighted by Crippen LogP contribution is 2.25. The van der Waals surface area contributed by atoms with Gasteiger partial charge in [0, 0.05) is 29.7 Å². The Morgan fingerprint density at radius 2 is 1.31 bits per heavy atom. The summed E-state index contributed by atoms with van der Waals surface area (Å²) in [5, 5.41) is 16.0. The number of nitrogens with one attached hydrogen (secondary N) is 2. The second-order valence-electron chi connectivity index (χ2n) is 8.31. The quantitative estimate of drug-likeness (QED) is 0.0527. The highest BCUT2D eigenvalue weighted by molar-refractivity contribution is 7.37. The first-order valence-electron chi connectivity index (χ1n) is 13.3. The number of non-ortho nitro benzene ring substituents is 1. The number of nitro benzene ring substituents is 1. The van der Waals surface area contributed by atoms with Crippen LogP contribution < -0.4 is 14.9 Å². The molecule has 0 saturated carbocycles. The second-order valence-corrected chi connectivity index (χ2v) is 9.32. The van der Waals surface area contributed by atoms with Gasteiger partial charge in [-0.15, -0.1) is 0 Å². The van der Waals surface area contributed by atoms with Crippen LogP contribution in [-0.2, 0) is 9.36 Å². The molecular weight excluding hydrogens is 513 g/mol. The monoisotopic (exact) mass is 554 g/mol. The van der Waals surface area contributed by atoms with Crippen molar-refractivity contribution < 1.29 is 18.8 Å². The molecule has 0 fully saturated rings. The Morgan fingerprint density at radius 3 is 1.79 bits per heavy atom. The van der Waals surface area contributed by atoms with Crippen molar-refractivity contribution in [2.75, 3.05) is 13.1 Å². The summed E-state index contributed by atoms with van der Waals surface area (Å²) in [7, 11) is -2.19. The molecule has 1 aromatic carbocycles. The number of nitro groups is 1. The lowest BCUT2D eigenvalue weighted by atomic mass is 10.2. The van der Waals surface area contributed by atoms with Crippen LogP contribution in [0.3, 0.4) is 0 Å². The maximum atomic E-state index is 11.9. The zero-order chi connectivity index (χ0) is 28.4. The predicted octanol–water partition coefficient (Wildman–Crippen LogP) is 7.81. The summed E-state index contributed by atoms with van der Waals surface area (Å²) in [5.41, 5.74) is -0.0720. The van der Waals surface area contributed by atoms with Crippen molar-refractivity contribution in [1.82, 2.24) is 10.4 Å². The average molecular weight is 555 g/mol. The summed E-state index contributed by atoms with van der Waals surface area (Å²) in [4.78, 5) is 22.0. The van der Waals surface area contributed by atoms with Gasteiger partial charge < -0.3 is 5.32 Å². The number of hydrogen-bond donors (Lipinski definition) is 2. The average Bonchev–Trinajstić information content (AvgIpc) is 2.92. The number of amides is 1. The van der Waals surface area contributed by atoms with E-state index in [0.29, 0.717) is 19.4 Å². The first-order chi connectivity index (χ1) is 19.0. The molecule has 1 unspecified atom stereocenters. The molecule has 1 amide bonds. The molecule has 0 aliphatic carbocycles. The Morgan fingerprint density at radius 1 is 0.821 bits per heavy atom. The van der Waals surface area contributed by atoms with Crippen molar-refractivity contribution in [3.05, 3.63) is 107 Å². The summed E-state index contributed by atoms with van der Waals surface area (Å²) < 4.78 is 17.0. The van der Waals surface area contributed by atoms with Crippen LogP contribution in [-0.4, -0.2) is 23.9 Å². The van der Waals surface area contributed by atoms with E-state index in [4.69, 9.17) is 4.52 Å². The third kappa shape index (κ3) is 20.1. The fourth-order valence-corrected chi connectivity index (χ4v) is 3.72. The topological polar surface area (TPSA) is 111 Å². The fraction of sp³-hybridized carbons (Fsp3) is 0.367. The van der Waals surface area contributed by atoms with Crippen LogP contribution in [0.5, 0.6) is 5.75 Å². The van der Waals surface area contributed by atoms with Gasteiger partial charge in [0.2, 0.25) is 5.91 Å². The van der Waals surface area contributed by atoms with Gasteiger partial charge >= 0.3 is 8.18 Å². The molecule has 210 valence electrons. The lowest BCUT2D eigenvalue weighted by Crippen LogP contribution is -2.29. The van der Waals surface area contributed by atoms with Crippen molar-refractivity contribution >= 4 is 19.8 Å². The standard InChI is InChI=1S/C30H40N3O5P/c1-2-3-4-5-6-7-8-9-10-11-12-13-14-15-16-17-18-19-20-21-30(34)31-26-27-32-39(37)38-29-24-22-28(23-25-29)33(35)36/h3-4,6-7,9-10,12-13,15-16,18-19,22-25H,2,5,8,11,14,17,20-21,26-27H2,1H3,(H-,31,32,34,37)/p+1/b4-3-,7-6-,10-9-,13-12-,16-15-,19-18-. The molecule has 0 spiro atoms. The smallest absolute Gasteiger partial charge is 0.355 e. The van der Waals surface area contributed by atoms with Gasteiger partial charge in [0.1, 0.15) is 0 Å². The fourth-order valence-electron chi connectivity index (χ4n) is 3.05. The maximum absolute atomic E-state index is 11.9. The first-order valence-corrected chi connectivity index (χ1v) is 14.5. The van der Waals surface area contributed by atoms with E-state index in [2.05, 4.69) is 78.1 Å². The third-order valence-electron chi connectivity index (χ3n) is 5.06. The zero-order valence-corrected chi connectivity index (χ0v) is 23.6. The number of rotatable bonds is 21. The van der Waals surface area contributed by atoms with Gasteiger partial charge in [-0.05, 0) is 57.1 Å². The van der Waals surface area contributed by atoms with Gasteiger partial charge in [0.15, 0.2) is 5.75 Å². The number of carbonyl (C=O) groups is 1. The maximum Gasteiger partial charge on any atom is 0.663 e. The van der Waals surface area contributed by atoms with Gasteiger partial charge in [-0.25, -0.2) is 4.52 Å². The highest BCUT2D eigenvalue weighted by Gasteiger charge is 2.19. The summed E-state index contributed by atoms with van der Waals surface area (Å²) in [6, 6.07) is 5.31. The Hall–Kier alpha value is -3.61. The molecule has 8 nitrogen and oxygen atoms in total. The van der Waals surface area contributed by atoms with Crippen LogP contribution in [0.4, 0.5) is 5.69 Å². The minimum atomic E-state index is -2.19. The van der Waals surface area contributed by atoms with Crippen LogP contribution >= 0.6 is 8.18 Å². The number of hydrogen-bond acceptors (Lipinski definition) is 5. The van der Waals surface area contributed by atoms with E-state index in [-0.39, 0.29) is 23.9 Å². The Labute approximate surface area is 233 Å². The van der Waals surface area contributed by atoms with E-state index in [0.717, 1.165) is 38.5 Å². The normalized spacial score (nSPS) is 12.6. The predicted molar refractivity (Wildman–Crippen MR) is 160 cm³/mol.